The van der Waals surface area contributed by atoms with Crippen molar-refractivity contribution in [3.63, 3.8) is 0 Å². The van der Waals surface area contributed by atoms with Gasteiger partial charge in [-0.1, -0.05) is 56.3 Å². The Morgan fingerprint density at radius 3 is 2.77 bits per heavy atom. The van der Waals surface area contributed by atoms with Gasteiger partial charge in [-0.15, -0.1) is 6.58 Å². The summed E-state index contributed by atoms with van der Waals surface area (Å²) in [6.07, 6.45) is 6.99. The molecule has 1 aliphatic carbocycles. The van der Waals surface area contributed by atoms with Gasteiger partial charge in [0.25, 0.3) is 0 Å². The highest BCUT2D eigenvalue weighted by atomic mass is 16.5. The number of benzene rings is 2. The second-order valence-corrected chi connectivity index (χ2v) is 8.06. The van der Waals surface area contributed by atoms with E-state index in [4.69, 9.17) is 4.74 Å². The number of hydrogen-bond acceptors (Lipinski definition) is 1. The second-order valence-electron chi connectivity index (χ2n) is 8.06. The van der Waals surface area contributed by atoms with E-state index >= 15 is 0 Å². The van der Waals surface area contributed by atoms with E-state index in [9.17, 15) is 0 Å². The van der Waals surface area contributed by atoms with Gasteiger partial charge in [0.2, 0.25) is 0 Å². The topological polar surface area (TPSA) is 9.23 Å². The predicted molar refractivity (Wildman–Crippen MR) is 109 cm³/mol. The van der Waals surface area contributed by atoms with E-state index in [0.717, 1.165) is 25.7 Å². The first-order valence-electron chi connectivity index (χ1n) is 10.1. The summed E-state index contributed by atoms with van der Waals surface area (Å²) in [6.45, 7) is 10.8. The fraction of sp³-hybridized carbons (Fsp3) is 0.440. The smallest absolute Gasteiger partial charge is 0.0829 e. The Morgan fingerprint density at radius 2 is 2.00 bits per heavy atom. The van der Waals surface area contributed by atoms with Crippen LogP contribution in [0.25, 0.3) is 0 Å². The van der Waals surface area contributed by atoms with Crippen LogP contribution in [-0.4, -0.2) is 6.10 Å². The van der Waals surface area contributed by atoms with Gasteiger partial charge in [-0.2, -0.15) is 0 Å². The van der Waals surface area contributed by atoms with Gasteiger partial charge in [0, 0.05) is 5.92 Å². The monoisotopic (exact) mass is 346 g/mol. The molecule has 1 nitrogen and oxygen atoms in total. The molecule has 0 aromatic heterocycles. The lowest BCUT2D eigenvalue weighted by atomic mass is 9.71. The van der Waals surface area contributed by atoms with Crippen molar-refractivity contribution in [2.45, 2.75) is 64.6 Å². The number of hydrogen-bond donors (Lipinski definition) is 0. The summed E-state index contributed by atoms with van der Waals surface area (Å²) in [5.74, 6) is 0.889. The lowest BCUT2D eigenvalue weighted by Gasteiger charge is -2.43. The average Bonchev–Trinajstić information content (AvgIpc) is 2.68. The van der Waals surface area contributed by atoms with E-state index in [2.05, 4.69) is 69.8 Å². The Morgan fingerprint density at radius 1 is 1.19 bits per heavy atom. The van der Waals surface area contributed by atoms with Gasteiger partial charge in [0.05, 0.1) is 12.2 Å². The highest BCUT2D eigenvalue weighted by molar-refractivity contribution is 5.52. The summed E-state index contributed by atoms with van der Waals surface area (Å²) in [4.78, 5) is 0. The minimum Gasteiger partial charge on any atom is -0.369 e. The number of fused-ring (bicyclic) bond motifs is 5. The molecular weight excluding hydrogens is 316 g/mol. The normalized spacial score (nSPS) is 25.0. The number of allylic oxidation sites excluding steroid dienone is 1. The Hall–Kier alpha value is -1.86. The fourth-order valence-electron chi connectivity index (χ4n) is 4.96. The lowest BCUT2D eigenvalue weighted by Crippen LogP contribution is -2.36. The van der Waals surface area contributed by atoms with Crippen molar-refractivity contribution < 1.29 is 4.74 Å². The molecule has 4 rings (SSSR count). The maximum absolute atomic E-state index is 6.60. The summed E-state index contributed by atoms with van der Waals surface area (Å²) < 4.78 is 6.60. The van der Waals surface area contributed by atoms with E-state index in [0.29, 0.717) is 17.9 Å². The Balaban J connectivity index is 1.88. The SMILES string of the molecule is C=CC(C)Cc1ccc2c(c1C)[C@H]1c3ccccc3CC[C@H]1O[C@H]2CC. The lowest BCUT2D eigenvalue weighted by molar-refractivity contribution is -0.0441. The van der Waals surface area contributed by atoms with Crippen molar-refractivity contribution >= 4 is 0 Å². The van der Waals surface area contributed by atoms with E-state index < -0.39 is 0 Å². The molecule has 26 heavy (non-hydrogen) atoms. The van der Waals surface area contributed by atoms with Gasteiger partial charge in [-0.05, 0) is 71.9 Å². The molecule has 0 amide bonds. The summed E-state index contributed by atoms with van der Waals surface area (Å²) in [7, 11) is 0. The predicted octanol–water partition coefficient (Wildman–Crippen LogP) is 6.29. The first kappa shape index (κ1) is 17.5. The van der Waals surface area contributed by atoms with Gasteiger partial charge < -0.3 is 4.74 Å². The molecular formula is C25H30O. The number of ether oxygens (including phenoxy) is 1. The van der Waals surface area contributed by atoms with Crippen molar-refractivity contribution in [2.24, 2.45) is 5.92 Å². The van der Waals surface area contributed by atoms with Crippen LogP contribution in [-0.2, 0) is 17.6 Å². The molecule has 2 aromatic carbocycles. The minimum absolute atomic E-state index is 0.237. The van der Waals surface area contributed by atoms with Crippen LogP contribution in [0, 0.1) is 12.8 Å². The van der Waals surface area contributed by atoms with Crippen molar-refractivity contribution in [2.75, 3.05) is 0 Å². The zero-order chi connectivity index (χ0) is 18.3. The van der Waals surface area contributed by atoms with Crippen molar-refractivity contribution in [3.8, 4) is 0 Å². The maximum atomic E-state index is 6.60. The summed E-state index contributed by atoms with van der Waals surface area (Å²) in [6, 6.07) is 13.7. The molecule has 0 radical (unpaired) electrons. The molecule has 1 aliphatic heterocycles. The van der Waals surface area contributed by atoms with Crippen molar-refractivity contribution in [1.82, 2.24) is 0 Å². The molecule has 2 aromatic rings. The molecule has 0 N–H and O–H groups in total. The molecule has 1 unspecified atom stereocenters. The van der Waals surface area contributed by atoms with Gasteiger partial charge in [-0.3, -0.25) is 0 Å². The molecule has 0 saturated heterocycles. The van der Waals surface area contributed by atoms with Crippen LogP contribution >= 0.6 is 0 Å². The standard InChI is InChI=1S/C25H30O/c1-5-16(3)15-19-11-13-21-22(6-2)26-23-14-12-18-9-7-8-10-20(18)25(23)24(21)17(19)4/h5,7-11,13,16,22-23,25H,1,6,12,14-15H2,2-4H3/t16?,22-,23+,25-/m0/s1. The quantitative estimate of drug-likeness (QED) is 0.591. The Kier molecular flexibility index (Phi) is 4.75. The molecule has 4 atom stereocenters. The first-order chi connectivity index (χ1) is 12.6. The van der Waals surface area contributed by atoms with Crippen LogP contribution in [0.2, 0.25) is 0 Å². The van der Waals surface area contributed by atoms with Crippen LogP contribution < -0.4 is 0 Å². The van der Waals surface area contributed by atoms with Gasteiger partial charge in [-0.25, -0.2) is 0 Å². The number of aryl methyl sites for hydroxylation is 1. The van der Waals surface area contributed by atoms with E-state index in [1.54, 1.807) is 5.56 Å². The molecule has 0 saturated carbocycles. The Bertz CT molecular complexity index is 819. The zero-order valence-electron chi connectivity index (χ0n) is 16.3. The molecule has 1 heteroatoms. The zero-order valence-corrected chi connectivity index (χ0v) is 16.3. The van der Waals surface area contributed by atoms with Crippen molar-refractivity contribution in [3.05, 3.63) is 82.4 Å². The van der Waals surface area contributed by atoms with Crippen LogP contribution in [0.5, 0.6) is 0 Å². The van der Waals surface area contributed by atoms with Crippen molar-refractivity contribution in [1.29, 1.82) is 0 Å². The average molecular weight is 347 g/mol. The molecule has 2 aliphatic rings. The molecule has 136 valence electrons. The summed E-state index contributed by atoms with van der Waals surface area (Å²) in [5, 5.41) is 0. The minimum atomic E-state index is 0.237. The van der Waals surface area contributed by atoms with Gasteiger partial charge in [0.1, 0.15) is 0 Å². The largest absolute Gasteiger partial charge is 0.369 e. The highest BCUT2D eigenvalue weighted by Gasteiger charge is 2.40. The van der Waals surface area contributed by atoms with Gasteiger partial charge >= 0.3 is 0 Å². The van der Waals surface area contributed by atoms with Gasteiger partial charge in [0.15, 0.2) is 0 Å². The third-order valence-corrected chi connectivity index (χ3v) is 6.43. The van der Waals surface area contributed by atoms with Crippen LogP contribution in [0.15, 0.2) is 49.1 Å². The Labute approximate surface area is 158 Å². The first-order valence-corrected chi connectivity index (χ1v) is 10.1. The molecule has 0 bridgehead atoms. The van der Waals surface area contributed by atoms with E-state index in [1.165, 1.54) is 27.8 Å². The maximum Gasteiger partial charge on any atom is 0.0829 e. The molecule has 1 heterocycles. The van der Waals surface area contributed by atoms with Crippen LogP contribution in [0.1, 0.15) is 72.1 Å². The van der Waals surface area contributed by atoms with E-state index in [-0.39, 0.29) is 6.10 Å². The van der Waals surface area contributed by atoms with Crippen LogP contribution in [0.4, 0.5) is 0 Å². The fourth-order valence-corrected chi connectivity index (χ4v) is 4.96. The second kappa shape index (κ2) is 7.04. The third kappa shape index (κ3) is 2.83. The van der Waals surface area contributed by atoms with Crippen LogP contribution in [0.3, 0.4) is 0 Å². The third-order valence-electron chi connectivity index (χ3n) is 6.43. The molecule has 0 fully saturated rings. The number of rotatable bonds is 4. The summed E-state index contributed by atoms with van der Waals surface area (Å²) >= 11 is 0. The molecule has 0 spiro atoms. The highest BCUT2D eigenvalue weighted by Crippen LogP contribution is 2.49. The summed E-state index contributed by atoms with van der Waals surface area (Å²) in [5.41, 5.74) is 8.89. The van der Waals surface area contributed by atoms with E-state index in [1.807, 2.05) is 0 Å².